The third kappa shape index (κ3) is 2.87. The van der Waals surface area contributed by atoms with Crippen LogP contribution in [-0.4, -0.2) is 0 Å². The molecule has 0 bridgehead atoms. The number of benzene rings is 2. The quantitative estimate of drug-likeness (QED) is 0.737. The van der Waals surface area contributed by atoms with E-state index in [2.05, 4.69) is 31.9 Å². The Kier molecular flexibility index (Phi) is 3.97. The average Bonchev–Trinajstić information content (AvgIpc) is 2.31. The van der Waals surface area contributed by atoms with Crippen LogP contribution in [0.2, 0.25) is 0 Å². The van der Waals surface area contributed by atoms with E-state index in [1.165, 1.54) is 0 Å². The highest BCUT2D eigenvalue weighted by Crippen LogP contribution is 2.33. The summed E-state index contributed by atoms with van der Waals surface area (Å²) >= 11 is 6.94. The number of anilines is 1. The van der Waals surface area contributed by atoms with Crippen LogP contribution in [0.5, 0.6) is 11.5 Å². The maximum absolute atomic E-state index is 5.89. The van der Waals surface area contributed by atoms with Crippen molar-refractivity contribution >= 4 is 37.5 Å². The lowest BCUT2D eigenvalue weighted by Gasteiger charge is -2.11. The van der Waals surface area contributed by atoms with Crippen LogP contribution >= 0.6 is 31.9 Å². The third-order valence-corrected chi connectivity index (χ3v) is 4.36. The number of rotatable bonds is 2. The van der Waals surface area contributed by atoms with Crippen molar-refractivity contribution in [2.45, 2.75) is 13.8 Å². The largest absolute Gasteiger partial charge is 0.455 e. The van der Waals surface area contributed by atoms with Crippen LogP contribution in [0, 0.1) is 13.8 Å². The molecule has 0 amide bonds. The molecule has 0 aliphatic carbocycles. The van der Waals surface area contributed by atoms with Crippen molar-refractivity contribution in [3.63, 3.8) is 0 Å². The Balaban J connectivity index is 2.37. The van der Waals surface area contributed by atoms with Gasteiger partial charge in [-0.15, -0.1) is 0 Å². The zero-order chi connectivity index (χ0) is 13.3. The molecule has 0 aliphatic heterocycles. The van der Waals surface area contributed by atoms with Crippen molar-refractivity contribution < 1.29 is 4.74 Å². The molecule has 0 atom stereocenters. The first kappa shape index (κ1) is 13.4. The number of hydrogen-bond donors (Lipinski definition) is 1. The van der Waals surface area contributed by atoms with Crippen molar-refractivity contribution in [1.82, 2.24) is 0 Å². The molecule has 0 unspecified atom stereocenters. The molecule has 18 heavy (non-hydrogen) atoms. The standard InChI is InChI=1S/C14H13Br2NO/c1-8-5-11(6-9(2)14(8)16)18-13-7-10(15)3-4-12(13)17/h3-7H,17H2,1-2H3. The first-order chi connectivity index (χ1) is 8.47. The molecule has 2 rings (SSSR count). The highest BCUT2D eigenvalue weighted by Gasteiger charge is 2.06. The second-order valence-electron chi connectivity index (χ2n) is 4.16. The predicted molar refractivity (Wildman–Crippen MR) is 82.2 cm³/mol. The zero-order valence-electron chi connectivity index (χ0n) is 10.1. The molecule has 0 aliphatic rings. The number of halogens is 2. The number of nitrogen functional groups attached to an aromatic ring is 1. The summed E-state index contributed by atoms with van der Waals surface area (Å²) in [5.41, 5.74) is 8.79. The predicted octanol–water partition coefficient (Wildman–Crippen LogP) is 5.20. The van der Waals surface area contributed by atoms with Crippen LogP contribution < -0.4 is 10.5 Å². The zero-order valence-corrected chi connectivity index (χ0v) is 13.3. The molecule has 0 saturated heterocycles. The Morgan fingerprint density at radius 3 is 2.22 bits per heavy atom. The van der Waals surface area contributed by atoms with Crippen molar-refractivity contribution in [3.8, 4) is 11.5 Å². The van der Waals surface area contributed by atoms with Crippen LogP contribution in [-0.2, 0) is 0 Å². The van der Waals surface area contributed by atoms with E-state index in [0.29, 0.717) is 11.4 Å². The minimum absolute atomic E-state index is 0.622. The van der Waals surface area contributed by atoms with Gasteiger partial charge in [0, 0.05) is 8.95 Å². The molecule has 94 valence electrons. The molecular weight excluding hydrogens is 358 g/mol. The van der Waals surface area contributed by atoms with Gasteiger partial charge in [-0.3, -0.25) is 0 Å². The molecule has 4 heteroatoms. The molecule has 0 fully saturated rings. The van der Waals surface area contributed by atoms with Gasteiger partial charge in [-0.05, 0) is 55.3 Å². The van der Waals surface area contributed by atoms with E-state index < -0.39 is 0 Å². The van der Waals surface area contributed by atoms with Gasteiger partial charge in [0.25, 0.3) is 0 Å². The molecule has 2 aromatic rings. The normalized spacial score (nSPS) is 10.4. The Labute approximate surface area is 123 Å². The number of ether oxygens (including phenoxy) is 1. The summed E-state index contributed by atoms with van der Waals surface area (Å²) in [6, 6.07) is 9.54. The highest BCUT2D eigenvalue weighted by molar-refractivity contribution is 9.10. The van der Waals surface area contributed by atoms with Crippen LogP contribution in [0.25, 0.3) is 0 Å². The van der Waals surface area contributed by atoms with E-state index in [1.54, 1.807) is 0 Å². The molecule has 2 nitrogen and oxygen atoms in total. The maximum atomic E-state index is 5.89. The summed E-state index contributed by atoms with van der Waals surface area (Å²) in [5, 5.41) is 0. The van der Waals surface area contributed by atoms with Gasteiger partial charge >= 0.3 is 0 Å². The van der Waals surface area contributed by atoms with Gasteiger partial charge < -0.3 is 10.5 Å². The summed E-state index contributed by atoms with van der Waals surface area (Å²) in [7, 11) is 0. The first-order valence-corrected chi connectivity index (χ1v) is 7.05. The lowest BCUT2D eigenvalue weighted by atomic mass is 10.1. The summed E-state index contributed by atoms with van der Waals surface area (Å²) in [6.07, 6.45) is 0. The van der Waals surface area contributed by atoms with Crippen molar-refractivity contribution in [1.29, 1.82) is 0 Å². The summed E-state index contributed by atoms with van der Waals surface area (Å²) < 4.78 is 7.88. The van der Waals surface area contributed by atoms with E-state index in [0.717, 1.165) is 25.8 Å². The molecule has 2 N–H and O–H groups in total. The third-order valence-electron chi connectivity index (χ3n) is 2.61. The summed E-state index contributed by atoms with van der Waals surface area (Å²) in [6.45, 7) is 4.07. The Hall–Kier alpha value is -1.00. The van der Waals surface area contributed by atoms with Gasteiger partial charge in [0.05, 0.1) is 5.69 Å². The van der Waals surface area contributed by atoms with Gasteiger partial charge in [-0.2, -0.15) is 0 Å². The van der Waals surface area contributed by atoms with Crippen molar-refractivity contribution in [2.75, 3.05) is 5.73 Å². The van der Waals surface area contributed by atoms with Crippen molar-refractivity contribution in [2.24, 2.45) is 0 Å². The second kappa shape index (κ2) is 5.33. The molecule has 0 spiro atoms. The lowest BCUT2D eigenvalue weighted by Crippen LogP contribution is -1.93. The van der Waals surface area contributed by atoms with Crippen LogP contribution in [0.1, 0.15) is 11.1 Å². The van der Waals surface area contributed by atoms with E-state index in [9.17, 15) is 0 Å². The van der Waals surface area contributed by atoms with Gasteiger partial charge in [0.2, 0.25) is 0 Å². The van der Waals surface area contributed by atoms with E-state index in [4.69, 9.17) is 10.5 Å². The maximum Gasteiger partial charge on any atom is 0.151 e. The first-order valence-electron chi connectivity index (χ1n) is 5.47. The van der Waals surface area contributed by atoms with E-state index in [-0.39, 0.29) is 0 Å². The summed E-state index contributed by atoms with van der Waals surface area (Å²) in [4.78, 5) is 0. The highest BCUT2D eigenvalue weighted by atomic mass is 79.9. The van der Waals surface area contributed by atoms with E-state index >= 15 is 0 Å². The van der Waals surface area contributed by atoms with Crippen LogP contribution in [0.4, 0.5) is 5.69 Å². The molecule has 0 heterocycles. The topological polar surface area (TPSA) is 35.2 Å². The van der Waals surface area contributed by atoms with Gasteiger partial charge in [0.1, 0.15) is 5.75 Å². The van der Waals surface area contributed by atoms with Gasteiger partial charge in [-0.1, -0.05) is 31.9 Å². The Morgan fingerprint density at radius 2 is 1.61 bits per heavy atom. The van der Waals surface area contributed by atoms with Crippen LogP contribution in [0.15, 0.2) is 39.3 Å². The fraction of sp³-hybridized carbons (Fsp3) is 0.143. The van der Waals surface area contributed by atoms with Gasteiger partial charge in [-0.25, -0.2) is 0 Å². The number of aryl methyl sites for hydroxylation is 2. The monoisotopic (exact) mass is 369 g/mol. The fourth-order valence-corrected chi connectivity index (χ4v) is 2.26. The Morgan fingerprint density at radius 1 is 1.00 bits per heavy atom. The molecule has 0 saturated carbocycles. The molecule has 0 aromatic heterocycles. The second-order valence-corrected chi connectivity index (χ2v) is 5.86. The van der Waals surface area contributed by atoms with Crippen molar-refractivity contribution in [3.05, 3.63) is 50.4 Å². The SMILES string of the molecule is Cc1cc(Oc2cc(Br)ccc2N)cc(C)c1Br. The van der Waals surface area contributed by atoms with Gasteiger partial charge in [0.15, 0.2) is 5.75 Å². The fourth-order valence-electron chi connectivity index (χ4n) is 1.69. The number of hydrogen-bond acceptors (Lipinski definition) is 2. The number of nitrogens with two attached hydrogens (primary N) is 1. The Bertz CT molecular complexity index is 573. The van der Waals surface area contributed by atoms with E-state index in [1.807, 2.05) is 44.2 Å². The summed E-state index contributed by atoms with van der Waals surface area (Å²) in [5.74, 6) is 1.45. The minimum Gasteiger partial charge on any atom is -0.455 e. The van der Waals surface area contributed by atoms with Crippen LogP contribution in [0.3, 0.4) is 0 Å². The molecule has 0 radical (unpaired) electrons. The smallest absolute Gasteiger partial charge is 0.151 e. The molecule has 2 aromatic carbocycles. The lowest BCUT2D eigenvalue weighted by molar-refractivity contribution is 0.484. The molecular formula is C14H13Br2NO. The average molecular weight is 371 g/mol. The minimum atomic E-state index is 0.622.